The Kier molecular flexibility index (Phi) is 0.355. The molecule has 0 nitrogen and oxygen atoms in total. The summed E-state index contributed by atoms with van der Waals surface area (Å²) in [6.07, 6.45) is 7.53. The van der Waals surface area contributed by atoms with Crippen LogP contribution >= 0.6 is 0 Å². The first-order chi connectivity index (χ1) is 3.97. The quantitative estimate of drug-likeness (QED) is 0.440. The molecule has 0 amide bonds. The summed E-state index contributed by atoms with van der Waals surface area (Å²) >= 11 is 0. The maximum absolute atomic E-state index is 2.35. The van der Waals surface area contributed by atoms with E-state index in [2.05, 4.69) is 12.2 Å². The Morgan fingerprint density at radius 2 is 2.50 bits per heavy atom. The van der Waals surface area contributed by atoms with Crippen molar-refractivity contribution < 1.29 is 0 Å². The van der Waals surface area contributed by atoms with Crippen molar-refractivity contribution in [2.45, 2.75) is 12.8 Å². The van der Waals surface area contributed by atoms with Gasteiger partial charge in [-0.1, -0.05) is 17.7 Å². The Hall–Kier alpha value is -0.520. The van der Waals surface area contributed by atoms with E-state index in [4.69, 9.17) is 0 Å². The summed E-state index contributed by atoms with van der Waals surface area (Å²) in [5.74, 6) is 1.98. The van der Waals surface area contributed by atoms with Crippen LogP contribution in [0.15, 0.2) is 23.3 Å². The molecule has 0 aromatic heterocycles. The van der Waals surface area contributed by atoms with Crippen molar-refractivity contribution in [2.75, 3.05) is 0 Å². The first-order valence-electron chi connectivity index (χ1n) is 3.38. The van der Waals surface area contributed by atoms with E-state index in [1.807, 2.05) is 0 Å². The zero-order valence-electron chi connectivity index (χ0n) is 4.72. The molecule has 0 bridgehead atoms. The van der Waals surface area contributed by atoms with Crippen molar-refractivity contribution >= 4 is 0 Å². The average Bonchev–Trinajstić information content (AvgIpc) is 1.70. The monoisotopic (exact) mass is 104 g/mol. The summed E-state index contributed by atoms with van der Waals surface area (Å²) < 4.78 is 0. The lowest BCUT2D eigenvalue weighted by atomic mass is 9.53. The van der Waals surface area contributed by atoms with Gasteiger partial charge in [0.1, 0.15) is 0 Å². The fraction of sp³-hybridized carbons (Fsp3) is 0.500. The zero-order valence-corrected chi connectivity index (χ0v) is 4.72. The fourth-order valence-corrected chi connectivity index (χ4v) is 2.09. The van der Waals surface area contributed by atoms with Crippen molar-refractivity contribution in [2.24, 2.45) is 11.8 Å². The third-order valence-electron chi connectivity index (χ3n) is 2.82. The van der Waals surface area contributed by atoms with E-state index in [1.165, 1.54) is 12.8 Å². The first-order valence-corrected chi connectivity index (χ1v) is 3.38. The van der Waals surface area contributed by atoms with Crippen LogP contribution in [-0.2, 0) is 0 Å². The van der Waals surface area contributed by atoms with Crippen LogP contribution in [0, 0.1) is 11.8 Å². The number of hydrogen-bond donors (Lipinski definition) is 0. The highest BCUT2D eigenvalue weighted by molar-refractivity contribution is 5.53. The van der Waals surface area contributed by atoms with Gasteiger partial charge in [-0.3, -0.25) is 0 Å². The Morgan fingerprint density at radius 3 is 2.62 bits per heavy atom. The molecular weight excluding hydrogens is 96.1 g/mol. The fourth-order valence-electron chi connectivity index (χ4n) is 2.09. The molecule has 0 heteroatoms. The second kappa shape index (κ2) is 0.812. The van der Waals surface area contributed by atoms with E-state index >= 15 is 0 Å². The maximum atomic E-state index is 2.35. The Labute approximate surface area is 48.9 Å². The average molecular weight is 104 g/mol. The molecular formula is C8H8. The van der Waals surface area contributed by atoms with Crippen LogP contribution in [0.4, 0.5) is 0 Å². The third-order valence-corrected chi connectivity index (χ3v) is 2.82. The molecule has 1 saturated carbocycles. The van der Waals surface area contributed by atoms with Crippen molar-refractivity contribution in [3.63, 3.8) is 0 Å². The van der Waals surface area contributed by atoms with Gasteiger partial charge >= 0.3 is 0 Å². The van der Waals surface area contributed by atoms with E-state index in [1.54, 1.807) is 11.1 Å². The normalized spacial score (nSPS) is 46.0. The number of allylic oxidation sites excluding steroid dienone is 4. The minimum atomic E-state index is 0.943. The molecule has 0 spiro atoms. The molecule has 0 radical (unpaired) electrons. The van der Waals surface area contributed by atoms with Gasteiger partial charge in [0.05, 0.1) is 0 Å². The summed E-state index contributed by atoms with van der Waals surface area (Å²) in [6, 6.07) is 0. The lowest BCUT2D eigenvalue weighted by Gasteiger charge is -2.51. The molecule has 40 valence electrons. The van der Waals surface area contributed by atoms with Crippen LogP contribution in [0.1, 0.15) is 12.8 Å². The van der Waals surface area contributed by atoms with Crippen molar-refractivity contribution in [3.8, 4) is 0 Å². The predicted octanol–water partition coefficient (Wildman–Crippen LogP) is 1.89. The van der Waals surface area contributed by atoms with E-state index in [0.29, 0.717) is 0 Å². The van der Waals surface area contributed by atoms with E-state index in [0.717, 1.165) is 11.8 Å². The zero-order chi connectivity index (χ0) is 5.14. The lowest BCUT2D eigenvalue weighted by Crippen LogP contribution is -2.39. The highest BCUT2D eigenvalue weighted by Crippen LogP contribution is 2.58. The van der Waals surface area contributed by atoms with Gasteiger partial charge in [-0.2, -0.15) is 0 Å². The minimum absolute atomic E-state index is 0.943. The standard InChI is InChI=1S/C8H8/c1-2-6-5(1)7-3-4-8(6)7/h1-2,5,7H,3-4H2/t5-,7+/m0/s1. The second-order valence-electron chi connectivity index (χ2n) is 3.01. The molecule has 8 heavy (non-hydrogen) atoms. The van der Waals surface area contributed by atoms with Gasteiger partial charge in [-0.15, -0.1) is 0 Å². The second-order valence-corrected chi connectivity index (χ2v) is 3.01. The minimum Gasteiger partial charge on any atom is -0.0761 e. The van der Waals surface area contributed by atoms with Crippen molar-refractivity contribution in [3.05, 3.63) is 23.3 Å². The Bertz CT molecular complexity index is 208. The molecule has 2 atom stereocenters. The summed E-state index contributed by atoms with van der Waals surface area (Å²) in [6.45, 7) is 0. The number of hydrogen-bond acceptors (Lipinski definition) is 0. The van der Waals surface area contributed by atoms with Crippen LogP contribution in [0.5, 0.6) is 0 Å². The third kappa shape index (κ3) is 0.169. The van der Waals surface area contributed by atoms with Crippen LogP contribution in [0.3, 0.4) is 0 Å². The van der Waals surface area contributed by atoms with Crippen LogP contribution in [0.2, 0.25) is 0 Å². The molecule has 0 aliphatic heterocycles. The molecule has 0 heterocycles. The SMILES string of the molecule is C1=C[C@H]2C1=C1CC[C@@H]12. The summed E-state index contributed by atoms with van der Waals surface area (Å²) in [4.78, 5) is 0. The first kappa shape index (κ1) is 3.49. The molecule has 0 saturated heterocycles. The molecule has 3 aliphatic rings. The Balaban J connectivity index is 2.21. The summed E-state index contributed by atoms with van der Waals surface area (Å²) in [7, 11) is 0. The van der Waals surface area contributed by atoms with Gasteiger partial charge in [-0.25, -0.2) is 0 Å². The molecule has 0 aromatic rings. The van der Waals surface area contributed by atoms with Gasteiger partial charge in [0, 0.05) is 5.92 Å². The molecule has 3 aliphatic carbocycles. The Morgan fingerprint density at radius 1 is 1.50 bits per heavy atom. The highest BCUT2D eigenvalue weighted by Gasteiger charge is 2.46. The smallest absolute Gasteiger partial charge is 0.00865 e. The number of rotatable bonds is 0. The molecule has 0 unspecified atom stereocenters. The maximum Gasteiger partial charge on any atom is 0.00865 e. The van der Waals surface area contributed by atoms with Crippen LogP contribution in [-0.4, -0.2) is 0 Å². The van der Waals surface area contributed by atoms with Gasteiger partial charge in [0.25, 0.3) is 0 Å². The van der Waals surface area contributed by atoms with Gasteiger partial charge in [-0.05, 0) is 24.3 Å². The van der Waals surface area contributed by atoms with E-state index < -0.39 is 0 Å². The van der Waals surface area contributed by atoms with Gasteiger partial charge in [0.15, 0.2) is 0 Å². The largest absolute Gasteiger partial charge is 0.0761 e. The van der Waals surface area contributed by atoms with Gasteiger partial charge in [0.2, 0.25) is 0 Å². The van der Waals surface area contributed by atoms with Gasteiger partial charge < -0.3 is 0 Å². The highest BCUT2D eigenvalue weighted by atomic mass is 14.5. The predicted molar refractivity (Wildman–Crippen MR) is 32.4 cm³/mol. The summed E-state index contributed by atoms with van der Waals surface area (Å²) in [5, 5.41) is 0. The molecule has 0 aromatic carbocycles. The van der Waals surface area contributed by atoms with E-state index in [-0.39, 0.29) is 0 Å². The number of fused-ring (bicyclic) bond motifs is 3. The molecule has 1 fully saturated rings. The summed E-state index contributed by atoms with van der Waals surface area (Å²) in [5.41, 5.74) is 3.48. The van der Waals surface area contributed by atoms with Crippen LogP contribution in [0.25, 0.3) is 0 Å². The van der Waals surface area contributed by atoms with Crippen LogP contribution < -0.4 is 0 Å². The van der Waals surface area contributed by atoms with E-state index in [9.17, 15) is 0 Å². The lowest BCUT2D eigenvalue weighted by molar-refractivity contribution is 0.297. The van der Waals surface area contributed by atoms with Crippen molar-refractivity contribution in [1.29, 1.82) is 0 Å². The van der Waals surface area contributed by atoms with Crippen molar-refractivity contribution in [1.82, 2.24) is 0 Å². The topological polar surface area (TPSA) is 0 Å². The molecule has 0 N–H and O–H groups in total. The molecule has 3 rings (SSSR count).